The molecule has 0 unspecified atom stereocenters. The molecule has 0 saturated carbocycles. The Balaban J connectivity index is 1.93. The number of thioether (sulfide) groups is 1. The predicted octanol–water partition coefficient (Wildman–Crippen LogP) is 5.25. The van der Waals surface area contributed by atoms with E-state index in [9.17, 15) is 4.79 Å². The fourth-order valence-corrected chi connectivity index (χ4v) is 3.36. The van der Waals surface area contributed by atoms with E-state index < -0.39 is 0 Å². The zero-order valence-electron chi connectivity index (χ0n) is 13.4. The molecule has 1 amide bonds. The summed E-state index contributed by atoms with van der Waals surface area (Å²) in [5.74, 6) is 0.753. The molecular weight excluding hydrogens is 330 g/mol. The molecule has 1 N–H and O–H groups in total. The van der Waals surface area contributed by atoms with Gasteiger partial charge in [-0.25, -0.2) is 0 Å². The minimum Gasteiger partial charge on any atom is -0.497 e. The number of nitrogens with one attached hydrogen (secondary N) is 1. The Bertz CT molecular complexity index is 654. The van der Waals surface area contributed by atoms with Crippen LogP contribution in [0.4, 0.5) is 5.69 Å². The van der Waals surface area contributed by atoms with E-state index in [-0.39, 0.29) is 10.7 Å². The first-order chi connectivity index (χ1) is 10.9. The number of ether oxygens (including phenoxy) is 1. The average molecular weight is 350 g/mol. The SMILES string of the molecule is COc1ccc(NC(=O)CC(C)(C)Sc2ccc(Cl)cc2)cc1. The summed E-state index contributed by atoms with van der Waals surface area (Å²) in [6.45, 7) is 4.11. The lowest BCUT2D eigenvalue weighted by Gasteiger charge is -2.23. The van der Waals surface area contributed by atoms with Crippen LogP contribution in [0.3, 0.4) is 0 Å². The Kier molecular flexibility index (Phi) is 5.97. The number of rotatable bonds is 6. The van der Waals surface area contributed by atoms with Gasteiger partial charge in [0.1, 0.15) is 5.75 Å². The zero-order chi connectivity index (χ0) is 16.9. The number of methoxy groups -OCH3 is 1. The fraction of sp³-hybridized carbons (Fsp3) is 0.278. The minimum absolute atomic E-state index is 0.0124. The Morgan fingerprint density at radius 1 is 1.13 bits per heavy atom. The molecule has 0 bridgehead atoms. The highest BCUT2D eigenvalue weighted by Crippen LogP contribution is 2.35. The van der Waals surface area contributed by atoms with Crippen LogP contribution in [0.25, 0.3) is 0 Å². The van der Waals surface area contributed by atoms with Gasteiger partial charge in [-0.1, -0.05) is 11.6 Å². The standard InChI is InChI=1S/C18H20ClNO2S/c1-18(2,23-16-10-4-13(19)5-11-16)12-17(21)20-14-6-8-15(22-3)9-7-14/h4-11H,12H2,1-3H3,(H,20,21). The Hall–Kier alpha value is -1.65. The second kappa shape index (κ2) is 7.75. The third-order valence-electron chi connectivity index (χ3n) is 3.17. The second-order valence-electron chi connectivity index (χ2n) is 5.77. The van der Waals surface area contributed by atoms with Gasteiger partial charge in [0, 0.05) is 26.8 Å². The second-order valence-corrected chi connectivity index (χ2v) is 7.99. The van der Waals surface area contributed by atoms with Crippen LogP contribution in [0.5, 0.6) is 5.75 Å². The summed E-state index contributed by atoms with van der Waals surface area (Å²) in [7, 11) is 1.62. The van der Waals surface area contributed by atoms with Gasteiger partial charge in [-0.2, -0.15) is 0 Å². The Morgan fingerprint density at radius 3 is 2.30 bits per heavy atom. The molecular formula is C18H20ClNO2S. The molecule has 5 heteroatoms. The number of carbonyl (C=O) groups excluding carboxylic acids is 1. The van der Waals surface area contributed by atoms with Crippen LogP contribution < -0.4 is 10.1 Å². The minimum atomic E-state index is -0.218. The molecule has 2 aromatic rings. The number of benzene rings is 2. The van der Waals surface area contributed by atoms with E-state index in [2.05, 4.69) is 19.2 Å². The molecule has 0 fully saturated rings. The van der Waals surface area contributed by atoms with E-state index in [1.807, 2.05) is 48.5 Å². The molecule has 0 aromatic heterocycles. The van der Waals surface area contributed by atoms with Crippen molar-refractivity contribution in [3.8, 4) is 5.75 Å². The first kappa shape index (κ1) is 17.7. The van der Waals surface area contributed by atoms with Crippen molar-refractivity contribution >= 4 is 35.0 Å². The highest BCUT2D eigenvalue weighted by atomic mass is 35.5. The summed E-state index contributed by atoms with van der Waals surface area (Å²) in [6.07, 6.45) is 0.409. The smallest absolute Gasteiger partial charge is 0.225 e. The zero-order valence-corrected chi connectivity index (χ0v) is 15.0. The number of halogens is 1. The van der Waals surface area contributed by atoms with Gasteiger partial charge in [0.25, 0.3) is 0 Å². The van der Waals surface area contributed by atoms with Crippen molar-refractivity contribution in [1.29, 1.82) is 0 Å². The lowest BCUT2D eigenvalue weighted by molar-refractivity contribution is -0.116. The Morgan fingerprint density at radius 2 is 1.74 bits per heavy atom. The third-order valence-corrected chi connectivity index (χ3v) is 4.62. The maximum Gasteiger partial charge on any atom is 0.225 e. The molecule has 0 aliphatic rings. The quantitative estimate of drug-likeness (QED) is 0.724. The van der Waals surface area contributed by atoms with Crippen LogP contribution in [0, 0.1) is 0 Å². The van der Waals surface area contributed by atoms with E-state index >= 15 is 0 Å². The van der Waals surface area contributed by atoms with E-state index in [1.165, 1.54) is 0 Å². The van der Waals surface area contributed by atoms with Crippen molar-refractivity contribution in [3.63, 3.8) is 0 Å². The van der Waals surface area contributed by atoms with Gasteiger partial charge < -0.3 is 10.1 Å². The van der Waals surface area contributed by atoms with Gasteiger partial charge in [-0.15, -0.1) is 11.8 Å². The number of anilines is 1. The van der Waals surface area contributed by atoms with E-state index in [0.717, 1.165) is 16.3 Å². The number of hydrogen-bond donors (Lipinski definition) is 1. The average Bonchev–Trinajstić information content (AvgIpc) is 2.49. The van der Waals surface area contributed by atoms with Crippen LogP contribution >= 0.6 is 23.4 Å². The van der Waals surface area contributed by atoms with Crippen molar-refractivity contribution in [2.45, 2.75) is 29.9 Å². The maximum absolute atomic E-state index is 12.3. The van der Waals surface area contributed by atoms with Gasteiger partial charge in [-0.05, 0) is 62.4 Å². The lowest BCUT2D eigenvalue weighted by Crippen LogP contribution is -2.24. The first-order valence-corrected chi connectivity index (χ1v) is 8.46. The predicted molar refractivity (Wildman–Crippen MR) is 97.6 cm³/mol. The topological polar surface area (TPSA) is 38.3 Å². The Labute approximate surface area is 146 Å². The van der Waals surface area contributed by atoms with E-state index in [1.54, 1.807) is 18.9 Å². The van der Waals surface area contributed by atoms with Gasteiger partial charge in [0.2, 0.25) is 5.91 Å². The highest BCUT2D eigenvalue weighted by molar-refractivity contribution is 8.00. The van der Waals surface area contributed by atoms with Crippen LogP contribution in [0.2, 0.25) is 5.02 Å². The normalized spacial score (nSPS) is 11.1. The summed E-state index contributed by atoms with van der Waals surface area (Å²) in [6, 6.07) is 15.0. The molecule has 0 radical (unpaired) electrons. The molecule has 0 heterocycles. The summed E-state index contributed by atoms with van der Waals surface area (Å²) >= 11 is 7.56. The van der Waals surface area contributed by atoms with Gasteiger partial charge >= 0.3 is 0 Å². The van der Waals surface area contributed by atoms with Crippen LogP contribution in [-0.4, -0.2) is 17.8 Å². The van der Waals surface area contributed by atoms with Gasteiger partial charge in [0.05, 0.1) is 7.11 Å². The number of hydrogen-bond acceptors (Lipinski definition) is 3. The summed E-state index contributed by atoms with van der Waals surface area (Å²) < 4.78 is 4.89. The molecule has 2 aromatic carbocycles. The van der Waals surface area contributed by atoms with Crippen molar-refractivity contribution in [2.24, 2.45) is 0 Å². The van der Waals surface area contributed by atoms with Gasteiger partial charge in [-0.3, -0.25) is 4.79 Å². The largest absolute Gasteiger partial charge is 0.497 e. The number of carbonyl (C=O) groups is 1. The monoisotopic (exact) mass is 349 g/mol. The fourth-order valence-electron chi connectivity index (χ4n) is 2.12. The molecule has 0 spiro atoms. The molecule has 0 aliphatic carbocycles. The van der Waals surface area contributed by atoms with Crippen molar-refractivity contribution < 1.29 is 9.53 Å². The van der Waals surface area contributed by atoms with Crippen molar-refractivity contribution in [3.05, 3.63) is 53.6 Å². The summed E-state index contributed by atoms with van der Waals surface area (Å²) in [4.78, 5) is 13.3. The van der Waals surface area contributed by atoms with Crippen molar-refractivity contribution in [2.75, 3.05) is 12.4 Å². The third kappa shape index (κ3) is 5.81. The molecule has 23 heavy (non-hydrogen) atoms. The molecule has 0 atom stereocenters. The molecule has 122 valence electrons. The van der Waals surface area contributed by atoms with Crippen molar-refractivity contribution in [1.82, 2.24) is 0 Å². The lowest BCUT2D eigenvalue weighted by atomic mass is 10.1. The van der Waals surface area contributed by atoms with Crippen LogP contribution in [-0.2, 0) is 4.79 Å². The molecule has 3 nitrogen and oxygen atoms in total. The first-order valence-electron chi connectivity index (χ1n) is 7.26. The van der Waals surface area contributed by atoms with Crippen LogP contribution in [0.1, 0.15) is 20.3 Å². The molecule has 0 aliphatic heterocycles. The van der Waals surface area contributed by atoms with Gasteiger partial charge in [0.15, 0.2) is 0 Å². The van der Waals surface area contributed by atoms with Crippen LogP contribution in [0.15, 0.2) is 53.4 Å². The summed E-state index contributed by atoms with van der Waals surface area (Å²) in [5.41, 5.74) is 0.767. The summed E-state index contributed by atoms with van der Waals surface area (Å²) in [5, 5.41) is 3.63. The molecule has 2 rings (SSSR count). The van der Waals surface area contributed by atoms with E-state index in [4.69, 9.17) is 16.3 Å². The number of amides is 1. The molecule has 0 saturated heterocycles. The van der Waals surface area contributed by atoms with E-state index in [0.29, 0.717) is 11.4 Å². The highest BCUT2D eigenvalue weighted by Gasteiger charge is 2.23. The maximum atomic E-state index is 12.3.